The second-order valence-corrected chi connectivity index (χ2v) is 7.32. The second kappa shape index (κ2) is 6.61. The lowest BCUT2D eigenvalue weighted by Crippen LogP contribution is -2.40. The van der Waals surface area contributed by atoms with Crippen LogP contribution in [0.3, 0.4) is 0 Å². The lowest BCUT2D eigenvalue weighted by atomic mass is 10.1. The first-order chi connectivity index (χ1) is 12.1. The van der Waals surface area contributed by atoms with Crippen LogP contribution in [0.15, 0.2) is 34.9 Å². The predicted octanol–water partition coefficient (Wildman–Crippen LogP) is 2.77. The van der Waals surface area contributed by atoms with Gasteiger partial charge in [0, 0.05) is 22.6 Å². The summed E-state index contributed by atoms with van der Waals surface area (Å²) in [6.07, 6.45) is 3.98. The Bertz CT molecular complexity index is 911. The number of anilines is 1. The monoisotopic (exact) mass is 402 g/mol. The van der Waals surface area contributed by atoms with Crippen LogP contribution in [-0.2, 0) is 0 Å². The standard InChI is InChI=1S/C17H19BrN6O/c1-23-8-2-3-12(10-23)20-17-22-21-16(14-6-7-19-24(14)17)13-5-4-11(18)9-15(13)25/h4-7,9,12,25H,2-3,8,10H2,1H3,(H,20,22)/t12-/m1/s1. The first-order valence-corrected chi connectivity index (χ1v) is 9.05. The third-order valence-electron chi connectivity index (χ3n) is 4.50. The number of rotatable bonds is 3. The van der Waals surface area contributed by atoms with E-state index in [0.717, 1.165) is 35.9 Å². The van der Waals surface area contributed by atoms with E-state index in [1.54, 1.807) is 16.8 Å². The highest BCUT2D eigenvalue weighted by atomic mass is 79.9. The predicted molar refractivity (Wildman–Crippen MR) is 99.7 cm³/mol. The number of hydrogen-bond donors (Lipinski definition) is 2. The van der Waals surface area contributed by atoms with Crippen LogP contribution in [0, 0.1) is 0 Å². The Hall–Kier alpha value is -2.19. The number of aromatic hydroxyl groups is 1. The van der Waals surface area contributed by atoms with Crippen molar-refractivity contribution < 1.29 is 5.11 Å². The summed E-state index contributed by atoms with van der Waals surface area (Å²) in [6.45, 7) is 2.10. The number of nitrogens with one attached hydrogen (secondary N) is 1. The van der Waals surface area contributed by atoms with E-state index in [9.17, 15) is 5.11 Å². The molecule has 1 fully saturated rings. The van der Waals surface area contributed by atoms with Crippen LogP contribution in [0.1, 0.15) is 12.8 Å². The maximum absolute atomic E-state index is 10.3. The Labute approximate surface area is 153 Å². The molecule has 2 aromatic heterocycles. The highest BCUT2D eigenvalue weighted by molar-refractivity contribution is 9.10. The molecule has 1 atom stereocenters. The first kappa shape index (κ1) is 16.3. The molecule has 4 rings (SSSR count). The number of nitrogens with zero attached hydrogens (tertiary/aromatic N) is 5. The molecular weight excluding hydrogens is 384 g/mol. The van der Waals surface area contributed by atoms with Gasteiger partial charge < -0.3 is 15.3 Å². The number of aromatic nitrogens is 4. The van der Waals surface area contributed by atoms with E-state index in [4.69, 9.17) is 0 Å². The van der Waals surface area contributed by atoms with E-state index in [2.05, 4.69) is 48.5 Å². The highest BCUT2D eigenvalue weighted by Gasteiger charge is 2.20. The van der Waals surface area contributed by atoms with Crippen molar-refractivity contribution in [2.24, 2.45) is 0 Å². The van der Waals surface area contributed by atoms with Crippen molar-refractivity contribution in [3.8, 4) is 17.0 Å². The van der Waals surface area contributed by atoms with E-state index >= 15 is 0 Å². The number of likely N-dealkylation sites (tertiary alicyclic amines) is 1. The summed E-state index contributed by atoms with van der Waals surface area (Å²) in [5.74, 6) is 0.780. The molecule has 0 aliphatic carbocycles. The molecule has 25 heavy (non-hydrogen) atoms. The lowest BCUT2D eigenvalue weighted by molar-refractivity contribution is 0.260. The van der Waals surface area contributed by atoms with Crippen molar-refractivity contribution in [1.82, 2.24) is 24.7 Å². The van der Waals surface area contributed by atoms with E-state index < -0.39 is 0 Å². The molecule has 1 aliphatic heterocycles. The van der Waals surface area contributed by atoms with Crippen molar-refractivity contribution in [1.29, 1.82) is 0 Å². The summed E-state index contributed by atoms with van der Waals surface area (Å²) >= 11 is 3.36. The van der Waals surface area contributed by atoms with Crippen LogP contribution in [0.2, 0.25) is 0 Å². The van der Waals surface area contributed by atoms with Crippen LogP contribution in [0.5, 0.6) is 5.75 Å². The van der Waals surface area contributed by atoms with E-state index in [0.29, 0.717) is 23.2 Å². The maximum Gasteiger partial charge on any atom is 0.244 e. The highest BCUT2D eigenvalue weighted by Crippen LogP contribution is 2.33. The van der Waals surface area contributed by atoms with Gasteiger partial charge in [-0.05, 0) is 50.7 Å². The number of fused-ring (bicyclic) bond motifs is 1. The molecule has 0 amide bonds. The van der Waals surface area contributed by atoms with Crippen molar-refractivity contribution >= 4 is 27.4 Å². The molecule has 3 heterocycles. The molecule has 8 heteroatoms. The van der Waals surface area contributed by atoms with Crippen molar-refractivity contribution in [2.75, 3.05) is 25.5 Å². The Kier molecular flexibility index (Phi) is 4.30. The van der Waals surface area contributed by atoms with Gasteiger partial charge in [0.1, 0.15) is 11.4 Å². The summed E-state index contributed by atoms with van der Waals surface area (Å²) in [7, 11) is 2.13. The van der Waals surface area contributed by atoms with Gasteiger partial charge in [0.15, 0.2) is 0 Å². The lowest BCUT2D eigenvalue weighted by Gasteiger charge is -2.30. The summed E-state index contributed by atoms with van der Waals surface area (Å²) in [5, 5.41) is 26.8. The quantitative estimate of drug-likeness (QED) is 0.700. The van der Waals surface area contributed by atoms with Gasteiger partial charge in [0.25, 0.3) is 0 Å². The molecule has 1 saturated heterocycles. The van der Waals surface area contributed by atoms with Crippen LogP contribution in [0.4, 0.5) is 5.95 Å². The number of likely N-dealkylation sites (N-methyl/N-ethyl adjacent to an activating group) is 1. The molecule has 0 radical (unpaired) electrons. The SMILES string of the molecule is CN1CCC[C@@H](Nc2nnc(-c3ccc(Br)cc3O)c3ccnn23)C1. The topological polar surface area (TPSA) is 78.6 Å². The molecule has 0 saturated carbocycles. The molecule has 0 unspecified atom stereocenters. The number of phenols is 1. The molecule has 1 aromatic carbocycles. The summed E-state index contributed by atoms with van der Waals surface area (Å²) < 4.78 is 2.56. The molecule has 2 N–H and O–H groups in total. The third-order valence-corrected chi connectivity index (χ3v) is 5.00. The largest absolute Gasteiger partial charge is 0.507 e. The molecule has 1 aliphatic rings. The van der Waals surface area contributed by atoms with Gasteiger partial charge in [-0.1, -0.05) is 15.9 Å². The smallest absolute Gasteiger partial charge is 0.244 e. The number of halogens is 1. The van der Waals surface area contributed by atoms with Gasteiger partial charge in [0.2, 0.25) is 5.95 Å². The Morgan fingerprint density at radius 2 is 2.16 bits per heavy atom. The van der Waals surface area contributed by atoms with Gasteiger partial charge in [-0.15, -0.1) is 10.2 Å². The molecule has 0 spiro atoms. The summed E-state index contributed by atoms with van der Waals surface area (Å²) in [6, 6.07) is 7.54. The molecule has 130 valence electrons. The summed E-state index contributed by atoms with van der Waals surface area (Å²) in [4.78, 5) is 2.31. The van der Waals surface area contributed by atoms with Gasteiger partial charge in [-0.25, -0.2) is 0 Å². The minimum Gasteiger partial charge on any atom is -0.507 e. The van der Waals surface area contributed by atoms with Crippen LogP contribution < -0.4 is 5.32 Å². The van der Waals surface area contributed by atoms with Crippen molar-refractivity contribution in [2.45, 2.75) is 18.9 Å². The zero-order valence-corrected chi connectivity index (χ0v) is 15.4. The third kappa shape index (κ3) is 3.19. The number of hydrogen-bond acceptors (Lipinski definition) is 6. The maximum atomic E-state index is 10.3. The van der Waals surface area contributed by atoms with Gasteiger partial charge in [-0.2, -0.15) is 9.61 Å². The average molecular weight is 403 g/mol. The number of piperidine rings is 1. The number of benzene rings is 1. The van der Waals surface area contributed by atoms with Crippen LogP contribution in [0.25, 0.3) is 16.8 Å². The Morgan fingerprint density at radius 1 is 1.28 bits per heavy atom. The Balaban J connectivity index is 1.71. The van der Waals surface area contributed by atoms with Crippen molar-refractivity contribution in [3.63, 3.8) is 0 Å². The fourth-order valence-electron chi connectivity index (χ4n) is 3.30. The van der Waals surface area contributed by atoms with E-state index in [1.165, 1.54) is 0 Å². The molecular formula is C17H19BrN6O. The normalized spacial score (nSPS) is 18.6. The Morgan fingerprint density at radius 3 is 2.96 bits per heavy atom. The van der Waals surface area contributed by atoms with Gasteiger partial charge in [0.05, 0.1) is 11.7 Å². The van der Waals surface area contributed by atoms with Gasteiger partial charge >= 0.3 is 0 Å². The molecule has 3 aromatic rings. The van der Waals surface area contributed by atoms with E-state index in [1.807, 2.05) is 18.2 Å². The number of phenolic OH excluding ortho intramolecular Hbond substituents is 1. The zero-order chi connectivity index (χ0) is 17.4. The average Bonchev–Trinajstić information content (AvgIpc) is 3.06. The zero-order valence-electron chi connectivity index (χ0n) is 13.9. The fourth-order valence-corrected chi connectivity index (χ4v) is 3.65. The summed E-state index contributed by atoms with van der Waals surface area (Å²) in [5.41, 5.74) is 2.04. The van der Waals surface area contributed by atoms with E-state index in [-0.39, 0.29) is 5.75 Å². The first-order valence-electron chi connectivity index (χ1n) is 8.26. The van der Waals surface area contributed by atoms with Crippen LogP contribution in [-0.4, -0.2) is 56.0 Å². The van der Waals surface area contributed by atoms with Crippen molar-refractivity contribution in [3.05, 3.63) is 34.9 Å². The second-order valence-electron chi connectivity index (χ2n) is 6.41. The molecule has 0 bridgehead atoms. The van der Waals surface area contributed by atoms with Gasteiger partial charge in [-0.3, -0.25) is 0 Å². The fraction of sp³-hybridized carbons (Fsp3) is 0.353. The molecule has 7 nitrogen and oxygen atoms in total. The minimum absolute atomic E-state index is 0.154. The minimum atomic E-state index is 0.154. The van der Waals surface area contributed by atoms with Crippen LogP contribution >= 0.6 is 15.9 Å².